The third-order valence-corrected chi connectivity index (χ3v) is 3.55. The number of hydrogen-bond donors (Lipinski definition) is 1. The van der Waals surface area contributed by atoms with Crippen molar-refractivity contribution < 1.29 is 13.9 Å². The van der Waals surface area contributed by atoms with Gasteiger partial charge in [0.15, 0.2) is 11.9 Å². The first-order valence-electron chi connectivity index (χ1n) is 5.25. The van der Waals surface area contributed by atoms with Crippen molar-refractivity contribution in [1.29, 1.82) is 0 Å². The predicted octanol–water partition coefficient (Wildman–Crippen LogP) is 4.52. The molecule has 0 bridgehead atoms. The molecule has 1 unspecified atom stereocenters. The fourth-order valence-corrected chi connectivity index (χ4v) is 2.40. The van der Waals surface area contributed by atoms with Crippen LogP contribution in [0.3, 0.4) is 0 Å². The van der Waals surface area contributed by atoms with Crippen molar-refractivity contribution in [1.82, 2.24) is 0 Å². The number of hydrogen-bond acceptors (Lipinski definition) is 3. The van der Waals surface area contributed by atoms with Crippen LogP contribution in [-0.4, -0.2) is 5.11 Å². The smallest absolute Gasteiger partial charge is 0.170 e. The van der Waals surface area contributed by atoms with Crippen molar-refractivity contribution in [3.05, 3.63) is 57.6 Å². The molecule has 0 aliphatic heterocycles. The third kappa shape index (κ3) is 1.96. The van der Waals surface area contributed by atoms with E-state index in [9.17, 15) is 5.11 Å². The molecule has 0 saturated carbocycles. The number of halogens is 2. The van der Waals surface area contributed by atoms with Crippen molar-refractivity contribution >= 4 is 38.5 Å². The Balaban J connectivity index is 2.07. The fraction of sp³-hybridized carbons (Fsp3) is 0.0769. The van der Waals surface area contributed by atoms with Crippen LogP contribution in [0.4, 0.5) is 0 Å². The van der Waals surface area contributed by atoms with Gasteiger partial charge >= 0.3 is 0 Å². The van der Waals surface area contributed by atoms with Crippen LogP contribution in [0.15, 0.2) is 49.9 Å². The lowest BCUT2D eigenvalue weighted by Crippen LogP contribution is -1.96. The summed E-state index contributed by atoms with van der Waals surface area (Å²) in [5, 5.41) is 11.7. The first-order valence-corrected chi connectivity index (χ1v) is 6.42. The maximum absolute atomic E-state index is 10.2. The normalized spacial score (nSPS) is 13.1. The summed E-state index contributed by atoms with van der Waals surface area (Å²) in [5.41, 5.74) is 0.677. The summed E-state index contributed by atoms with van der Waals surface area (Å²) < 4.78 is 11.5. The Labute approximate surface area is 116 Å². The van der Waals surface area contributed by atoms with E-state index in [4.69, 9.17) is 20.4 Å². The van der Waals surface area contributed by atoms with E-state index in [1.807, 2.05) is 0 Å². The van der Waals surface area contributed by atoms with Gasteiger partial charge in [0.1, 0.15) is 11.3 Å². The van der Waals surface area contributed by atoms with E-state index in [-0.39, 0.29) is 0 Å². The first kappa shape index (κ1) is 11.8. The number of fused-ring (bicyclic) bond motifs is 1. The Hall–Kier alpha value is -1.23. The Morgan fingerprint density at radius 2 is 2.06 bits per heavy atom. The Bertz CT molecular complexity index is 701. The molecular weight excluding hydrogens is 319 g/mol. The summed E-state index contributed by atoms with van der Waals surface area (Å²) in [6.07, 6.45) is 0.558. The molecule has 0 spiro atoms. The number of benzene rings is 1. The Morgan fingerprint density at radius 3 is 2.78 bits per heavy atom. The third-order valence-electron chi connectivity index (χ3n) is 2.66. The molecule has 1 atom stereocenters. The number of rotatable bonds is 2. The average molecular weight is 328 g/mol. The molecule has 3 aromatic rings. The molecule has 0 radical (unpaired) electrons. The van der Waals surface area contributed by atoms with Gasteiger partial charge in [-0.1, -0.05) is 11.6 Å². The van der Waals surface area contributed by atoms with Crippen molar-refractivity contribution in [2.24, 2.45) is 0 Å². The number of furan rings is 2. The van der Waals surface area contributed by atoms with Crippen LogP contribution >= 0.6 is 27.5 Å². The molecule has 3 rings (SSSR count). The number of aliphatic hydroxyl groups excluding tert-OH is 1. The lowest BCUT2D eigenvalue weighted by molar-refractivity contribution is 0.164. The van der Waals surface area contributed by atoms with Crippen LogP contribution in [-0.2, 0) is 0 Å². The van der Waals surface area contributed by atoms with E-state index >= 15 is 0 Å². The van der Waals surface area contributed by atoms with Gasteiger partial charge in [-0.25, -0.2) is 0 Å². The molecule has 0 saturated heterocycles. The topological polar surface area (TPSA) is 46.5 Å². The van der Waals surface area contributed by atoms with E-state index < -0.39 is 6.10 Å². The van der Waals surface area contributed by atoms with Gasteiger partial charge < -0.3 is 13.9 Å². The predicted molar refractivity (Wildman–Crippen MR) is 71.7 cm³/mol. The minimum Gasteiger partial charge on any atom is -0.465 e. The summed E-state index contributed by atoms with van der Waals surface area (Å²) in [4.78, 5) is 0. The molecule has 0 aliphatic rings. The zero-order valence-corrected chi connectivity index (χ0v) is 11.4. The van der Waals surface area contributed by atoms with Gasteiger partial charge in [0.05, 0.1) is 10.7 Å². The van der Waals surface area contributed by atoms with E-state index in [2.05, 4.69) is 15.9 Å². The van der Waals surface area contributed by atoms with Gasteiger partial charge in [-0.15, -0.1) is 0 Å². The van der Waals surface area contributed by atoms with E-state index in [1.54, 1.807) is 30.3 Å². The van der Waals surface area contributed by atoms with Crippen LogP contribution < -0.4 is 0 Å². The summed E-state index contributed by atoms with van der Waals surface area (Å²) in [6.45, 7) is 0. The van der Waals surface area contributed by atoms with E-state index in [0.717, 1.165) is 5.39 Å². The van der Waals surface area contributed by atoms with Gasteiger partial charge in [-0.05, 0) is 46.3 Å². The second-order valence-electron chi connectivity index (χ2n) is 3.87. The number of aliphatic hydroxyl groups is 1. The zero-order valence-electron chi connectivity index (χ0n) is 9.06. The average Bonchev–Trinajstić information content (AvgIpc) is 2.93. The molecule has 18 heavy (non-hydrogen) atoms. The van der Waals surface area contributed by atoms with E-state index in [1.165, 1.54) is 6.26 Å². The lowest BCUT2D eigenvalue weighted by atomic mass is 10.2. The Kier molecular flexibility index (Phi) is 2.93. The SMILES string of the molecule is OC(c1cc2cc(Cl)ccc2o1)c1occc1Br. The highest BCUT2D eigenvalue weighted by atomic mass is 79.9. The molecule has 2 aromatic heterocycles. The van der Waals surface area contributed by atoms with Crippen molar-refractivity contribution in [2.75, 3.05) is 0 Å². The van der Waals surface area contributed by atoms with Crippen LogP contribution in [0.25, 0.3) is 11.0 Å². The van der Waals surface area contributed by atoms with Crippen LogP contribution in [0.1, 0.15) is 17.6 Å². The minimum atomic E-state index is -0.944. The maximum Gasteiger partial charge on any atom is 0.170 e. The van der Waals surface area contributed by atoms with Crippen LogP contribution in [0.2, 0.25) is 5.02 Å². The molecule has 3 nitrogen and oxygen atoms in total. The summed E-state index contributed by atoms with van der Waals surface area (Å²) in [5.74, 6) is 0.836. The fourth-order valence-electron chi connectivity index (χ4n) is 1.80. The minimum absolute atomic E-state index is 0.417. The van der Waals surface area contributed by atoms with Gasteiger partial charge in [-0.2, -0.15) is 0 Å². The molecule has 2 heterocycles. The molecule has 1 N–H and O–H groups in total. The molecule has 0 fully saturated rings. The van der Waals surface area contributed by atoms with Gasteiger partial charge in [0.25, 0.3) is 0 Å². The van der Waals surface area contributed by atoms with Gasteiger partial charge in [-0.3, -0.25) is 0 Å². The van der Waals surface area contributed by atoms with Gasteiger partial charge in [0.2, 0.25) is 0 Å². The summed E-state index contributed by atoms with van der Waals surface area (Å²) >= 11 is 9.21. The van der Waals surface area contributed by atoms with Crippen LogP contribution in [0.5, 0.6) is 0 Å². The van der Waals surface area contributed by atoms with Gasteiger partial charge in [0, 0.05) is 10.4 Å². The molecule has 92 valence electrons. The molecule has 0 aliphatic carbocycles. The highest BCUT2D eigenvalue weighted by molar-refractivity contribution is 9.10. The largest absolute Gasteiger partial charge is 0.465 e. The summed E-state index contributed by atoms with van der Waals surface area (Å²) in [6, 6.07) is 8.77. The Morgan fingerprint density at radius 1 is 1.22 bits per heavy atom. The molecule has 1 aromatic carbocycles. The standard InChI is InChI=1S/C13H8BrClO3/c14-9-3-4-17-13(9)12(16)11-6-7-5-8(15)1-2-10(7)18-11/h1-6,12,16H. The molecular formula is C13H8BrClO3. The first-order chi connectivity index (χ1) is 8.65. The van der Waals surface area contributed by atoms with Crippen molar-refractivity contribution in [3.63, 3.8) is 0 Å². The second kappa shape index (κ2) is 4.46. The second-order valence-corrected chi connectivity index (χ2v) is 5.16. The zero-order chi connectivity index (χ0) is 12.7. The monoisotopic (exact) mass is 326 g/mol. The van der Waals surface area contributed by atoms with Crippen molar-refractivity contribution in [2.45, 2.75) is 6.10 Å². The van der Waals surface area contributed by atoms with Crippen molar-refractivity contribution in [3.8, 4) is 0 Å². The van der Waals surface area contributed by atoms with Crippen LogP contribution in [0, 0.1) is 0 Å². The van der Waals surface area contributed by atoms with E-state index in [0.29, 0.717) is 26.6 Å². The highest BCUT2D eigenvalue weighted by Crippen LogP contribution is 2.33. The lowest BCUT2D eigenvalue weighted by Gasteiger charge is -2.04. The quantitative estimate of drug-likeness (QED) is 0.752. The summed E-state index contributed by atoms with van der Waals surface area (Å²) in [7, 11) is 0. The highest BCUT2D eigenvalue weighted by Gasteiger charge is 2.21. The molecule has 0 amide bonds. The maximum atomic E-state index is 10.2. The molecule has 5 heteroatoms.